The molecule has 6 nitrogen and oxygen atoms in total. The van der Waals surface area contributed by atoms with Gasteiger partial charge in [-0.15, -0.1) is 11.3 Å². The van der Waals surface area contributed by atoms with Gasteiger partial charge in [-0.1, -0.05) is 12.1 Å². The van der Waals surface area contributed by atoms with Crippen molar-refractivity contribution in [3.63, 3.8) is 0 Å². The Kier molecular flexibility index (Phi) is 4.85. The van der Waals surface area contributed by atoms with Crippen LogP contribution in [0.4, 0.5) is 0 Å². The fourth-order valence-corrected chi connectivity index (χ4v) is 3.76. The highest BCUT2D eigenvalue weighted by atomic mass is 32.1. The summed E-state index contributed by atoms with van der Waals surface area (Å²) in [5.41, 5.74) is 1.58. The first-order chi connectivity index (χ1) is 12.0. The molecule has 2 heterocycles. The van der Waals surface area contributed by atoms with E-state index in [0.717, 1.165) is 16.9 Å². The average Bonchev–Trinajstić information content (AvgIpc) is 3.01. The third kappa shape index (κ3) is 3.41. The van der Waals surface area contributed by atoms with Gasteiger partial charge in [0.05, 0.1) is 12.5 Å². The molecular weight excluding hydrogens is 340 g/mol. The molecule has 0 aliphatic rings. The summed E-state index contributed by atoms with van der Waals surface area (Å²) < 4.78 is 6.82. The van der Waals surface area contributed by atoms with Crippen LogP contribution >= 0.6 is 11.3 Å². The summed E-state index contributed by atoms with van der Waals surface area (Å²) in [5.74, 6) is 0.452. The minimum Gasteiger partial charge on any atom is -0.497 e. The maximum atomic E-state index is 13.0. The van der Waals surface area contributed by atoms with Crippen molar-refractivity contribution >= 4 is 27.5 Å². The minimum atomic E-state index is -0.868. The second-order valence-electron chi connectivity index (χ2n) is 5.67. The number of hydrogen-bond acceptors (Lipinski definition) is 5. The van der Waals surface area contributed by atoms with Crippen LogP contribution in [0, 0.1) is 6.92 Å². The molecule has 0 radical (unpaired) electrons. The van der Waals surface area contributed by atoms with E-state index < -0.39 is 5.97 Å². The fraction of sp³-hybridized carbons (Fsp3) is 0.278. The van der Waals surface area contributed by atoms with Crippen molar-refractivity contribution in [2.45, 2.75) is 26.3 Å². The number of aryl methyl sites for hydroxylation is 1. The van der Waals surface area contributed by atoms with Gasteiger partial charge in [0.25, 0.3) is 5.56 Å². The van der Waals surface area contributed by atoms with Gasteiger partial charge in [-0.2, -0.15) is 0 Å². The van der Waals surface area contributed by atoms with E-state index in [1.54, 1.807) is 18.6 Å². The Hall–Kier alpha value is -2.67. The van der Waals surface area contributed by atoms with E-state index in [4.69, 9.17) is 9.84 Å². The molecule has 0 fully saturated rings. The predicted molar refractivity (Wildman–Crippen MR) is 97.5 cm³/mol. The SMILES string of the molecule is COc1cccc(-c2csc3nc(C)n(CCCC(=O)O)c(=O)c23)c1. The fourth-order valence-electron chi connectivity index (χ4n) is 2.78. The number of hydrogen-bond donors (Lipinski definition) is 1. The van der Waals surface area contributed by atoms with Crippen molar-refractivity contribution in [1.82, 2.24) is 9.55 Å². The number of rotatable bonds is 6. The largest absolute Gasteiger partial charge is 0.497 e. The number of ether oxygens (including phenoxy) is 1. The Morgan fingerprint density at radius 2 is 2.20 bits per heavy atom. The Labute approximate surface area is 148 Å². The molecule has 0 aliphatic heterocycles. The summed E-state index contributed by atoms with van der Waals surface area (Å²) in [6, 6.07) is 7.54. The smallest absolute Gasteiger partial charge is 0.303 e. The van der Waals surface area contributed by atoms with E-state index in [2.05, 4.69) is 4.98 Å². The van der Waals surface area contributed by atoms with Crippen LogP contribution in [0.15, 0.2) is 34.4 Å². The summed E-state index contributed by atoms with van der Waals surface area (Å²) in [4.78, 5) is 28.9. The number of aliphatic carboxylic acids is 1. The van der Waals surface area contributed by atoms with E-state index in [9.17, 15) is 9.59 Å². The maximum Gasteiger partial charge on any atom is 0.303 e. The van der Waals surface area contributed by atoms with Gasteiger partial charge < -0.3 is 9.84 Å². The standard InChI is InChI=1S/C18H18N2O4S/c1-11-19-17-16(18(23)20(11)8-4-7-15(21)22)14(10-25-17)12-5-3-6-13(9-12)24-2/h3,5-6,9-10H,4,7-8H2,1-2H3,(H,21,22). The molecule has 0 saturated carbocycles. The van der Waals surface area contributed by atoms with Crippen molar-refractivity contribution in [2.75, 3.05) is 7.11 Å². The van der Waals surface area contributed by atoms with Crippen LogP contribution in [-0.2, 0) is 11.3 Å². The molecule has 3 aromatic rings. The number of nitrogens with zero attached hydrogens (tertiary/aromatic N) is 2. The van der Waals surface area contributed by atoms with Gasteiger partial charge >= 0.3 is 5.97 Å². The van der Waals surface area contributed by atoms with E-state index >= 15 is 0 Å². The Morgan fingerprint density at radius 1 is 1.40 bits per heavy atom. The first-order valence-electron chi connectivity index (χ1n) is 7.86. The lowest BCUT2D eigenvalue weighted by atomic mass is 10.1. The minimum absolute atomic E-state index is 0.0241. The van der Waals surface area contributed by atoms with Crippen molar-refractivity contribution in [1.29, 1.82) is 0 Å². The molecule has 3 rings (SSSR count). The van der Waals surface area contributed by atoms with Crippen LogP contribution in [0.25, 0.3) is 21.3 Å². The molecule has 0 saturated heterocycles. The van der Waals surface area contributed by atoms with Crippen LogP contribution in [0.1, 0.15) is 18.7 Å². The van der Waals surface area contributed by atoms with E-state index in [-0.39, 0.29) is 12.0 Å². The lowest BCUT2D eigenvalue weighted by Crippen LogP contribution is -2.24. The van der Waals surface area contributed by atoms with Gasteiger partial charge in [-0.3, -0.25) is 14.2 Å². The number of benzene rings is 1. The first kappa shape index (κ1) is 17.2. The molecule has 0 amide bonds. The second-order valence-corrected chi connectivity index (χ2v) is 6.53. The highest BCUT2D eigenvalue weighted by molar-refractivity contribution is 7.17. The lowest BCUT2D eigenvalue weighted by molar-refractivity contribution is -0.137. The van der Waals surface area contributed by atoms with Crippen LogP contribution in [-0.4, -0.2) is 27.7 Å². The molecule has 0 atom stereocenters. The van der Waals surface area contributed by atoms with Crippen molar-refractivity contribution in [3.05, 3.63) is 45.8 Å². The summed E-state index contributed by atoms with van der Waals surface area (Å²) >= 11 is 1.43. The van der Waals surface area contributed by atoms with Crippen LogP contribution in [0.3, 0.4) is 0 Å². The number of carboxylic acids is 1. The summed E-state index contributed by atoms with van der Waals surface area (Å²) in [6.07, 6.45) is 0.415. The van der Waals surface area contributed by atoms with Gasteiger partial charge in [-0.05, 0) is 31.0 Å². The zero-order valence-corrected chi connectivity index (χ0v) is 14.8. The van der Waals surface area contributed by atoms with Crippen molar-refractivity contribution in [3.8, 4) is 16.9 Å². The monoisotopic (exact) mass is 358 g/mol. The molecule has 0 aliphatic carbocycles. The number of carbonyl (C=O) groups is 1. The summed E-state index contributed by atoms with van der Waals surface area (Å²) in [6.45, 7) is 2.11. The van der Waals surface area contributed by atoms with Gasteiger partial charge in [0.15, 0.2) is 0 Å². The van der Waals surface area contributed by atoms with E-state index in [1.165, 1.54) is 11.3 Å². The molecule has 2 aromatic heterocycles. The van der Waals surface area contributed by atoms with Gasteiger partial charge in [0, 0.05) is 23.9 Å². The molecule has 25 heavy (non-hydrogen) atoms. The summed E-state index contributed by atoms with van der Waals surface area (Å²) in [5, 5.41) is 11.3. The third-order valence-electron chi connectivity index (χ3n) is 4.04. The lowest BCUT2D eigenvalue weighted by Gasteiger charge is -2.09. The van der Waals surface area contributed by atoms with Crippen molar-refractivity contribution < 1.29 is 14.6 Å². The van der Waals surface area contributed by atoms with Crippen LogP contribution < -0.4 is 10.3 Å². The molecular formula is C18H18N2O4S. The topological polar surface area (TPSA) is 81.4 Å². The highest BCUT2D eigenvalue weighted by Gasteiger charge is 2.16. The average molecular weight is 358 g/mol. The quantitative estimate of drug-likeness (QED) is 0.731. The molecule has 130 valence electrons. The number of methoxy groups -OCH3 is 1. The van der Waals surface area contributed by atoms with Crippen LogP contribution in [0.5, 0.6) is 5.75 Å². The number of fused-ring (bicyclic) bond motifs is 1. The van der Waals surface area contributed by atoms with E-state index in [1.807, 2.05) is 29.6 Å². The first-order valence-corrected chi connectivity index (χ1v) is 8.74. The molecule has 0 unspecified atom stereocenters. The molecule has 0 spiro atoms. The molecule has 1 aromatic carbocycles. The second kappa shape index (κ2) is 7.06. The maximum absolute atomic E-state index is 13.0. The number of carboxylic acid groups (broad SMARTS) is 1. The van der Waals surface area contributed by atoms with Gasteiger partial charge in [0.2, 0.25) is 0 Å². The Morgan fingerprint density at radius 3 is 2.92 bits per heavy atom. The molecule has 0 bridgehead atoms. The predicted octanol–water partition coefficient (Wildman–Crippen LogP) is 3.31. The summed E-state index contributed by atoms with van der Waals surface area (Å²) in [7, 11) is 1.60. The normalized spacial score (nSPS) is 11.0. The van der Waals surface area contributed by atoms with Crippen molar-refractivity contribution in [2.24, 2.45) is 0 Å². The Balaban J connectivity index is 2.09. The number of aromatic nitrogens is 2. The molecule has 1 N–H and O–H groups in total. The zero-order chi connectivity index (χ0) is 18.0. The Bertz CT molecular complexity index is 990. The van der Waals surface area contributed by atoms with Gasteiger partial charge in [-0.25, -0.2) is 4.98 Å². The zero-order valence-electron chi connectivity index (χ0n) is 14.0. The number of thiophene rings is 1. The highest BCUT2D eigenvalue weighted by Crippen LogP contribution is 2.32. The van der Waals surface area contributed by atoms with Crippen LogP contribution in [0.2, 0.25) is 0 Å². The molecule has 7 heteroatoms. The van der Waals surface area contributed by atoms with E-state index in [0.29, 0.717) is 29.0 Å². The van der Waals surface area contributed by atoms with Gasteiger partial charge in [0.1, 0.15) is 16.4 Å². The third-order valence-corrected chi connectivity index (χ3v) is 4.91.